The highest BCUT2D eigenvalue weighted by molar-refractivity contribution is 7.92. The van der Waals surface area contributed by atoms with Crippen molar-refractivity contribution in [3.63, 3.8) is 0 Å². The van der Waals surface area contributed by atoms with Gasteiger partial charge in [-0.15, -0.1) is 5.10 Å². The number of aromatic nitrogens is 3. The number of hydrogen-bond donors (Lipinski definition) is 1. The molecule has 1 N–H and O–H groups in total. The fraction of sp³-hybridized carbons (Fsp3) is 0.0667. The summed E-state index contributed by atoms with van der Waals surface area (Å²) >= 11 is 0. The lowest BCUT2D eigenvalue weighted by atomic mass is 10.2. The summed E-state index contributed by atoms with van der Waals surface area (Å²) in [6.07, 6.45) is 1.30. The minimum atomic E-state index is -3.99. The average molecular weight is 377 g/mol. The van der Waals surface area contributed by atoms with Crippen molar-refractivity contribution >= 4 is 21.7 Å². The minimum absolute atomic E-state index is 0.162. The number of halogens is 1. The van der Waals surface area contributed by atoms with Crippen LogP contribution in [0.15, 0.2) is 59.8 Å². The summed E-state index contributed by atoms with van der Waals surface area (Å²) in [5, 5.41) is 14.6. The highest BCUT2D eigenvalue weighted by atomic mass is 32.2. The van der Waals surface area contributed by atoms with Gasteiger partial charge in [0, 0.05) is 12.1 Å². The SMILES string of the molecule is O=[N+]([O-])c1ccc(S(=O)(=O)Nc2ncn(Cc3cccc(F)c3)n2)cc1. The molecule has 0 saturated carbocycles. The molecule has 11 heteroatoms. The Bertz CT molecular complexity index is 1050. The van der Waals surface area contributed by atoms with E-state index in [2.05, 4.69) is 14.8 Å². The number of sulfonamides is 1. The molecule has 0 saturated heterocycles. The topological polar surface area (TPSA) is 120 Å². The Balaban J connectivity index is 1.74. The maximum atomic E-state index is 13.2. The summed E-state index contributed by atoms with van der Waals surface area (Å²) in [6.45, 7) is 0.212. The van der Waals surface area contributed by atoms with Crippen LogP contribution in [0.25, 0.3) is 0 Å². The molecule has 2 aromatic carbocycles. The van der Waals surface area contributed by atoms with Crippen molar-refractivity contribution in [2.45, 2.75) is 11.4 Å². The Morgan fingerprint density at radius 3 is 2.58 bits per heavy atom. The van der Waals surface area contributed by atoms with Crippen LogP contribution in [0.3, 0.4) is 0 Å². The van der Waals surface area contributed by atoms with Crippen molar-refractivity contribution in [1.82, 2.24) is 14.8 Å². The maximum Gasteiger partial charge on any atom is 0.269 e. The summed E-state index contributed by atoms with van der Waals surface area (Å²) in [5.74, 6) is -0.554. The van der Waals surface area contributed by atoms with Gasteiger partial charge in [0.1, 0.15) is 12.1 Å². The number of non-ortho nitro benzene ring substituents is 1. The summed E-state index contributed by atoms with van der Waals surface area (Å²) in [4.78, 5) is 13.7. The second-order valence-corrected chi connectivity index (χ2v) is 6.93. The number of anilines is 1. The van der Waals surface area contributed by atoms with Crippen molar-refractivity contribution in [1.29, 1.82) is 0 Å². The second-order valence-electron chi connectivity index (χ2n) is 5.25. The van der Waals surface area contributed by atoms with Gasteiger partial charge in [-0.2, -0.15) is 4.98 Å². The quantitative estimate of drug-likeness (QED) is 0.519. The first-order valence-corrected chi connectivity index (χ1v) is 8.73. The highest BCUT2D eigenvalue weighted by Crippen LogP contribution is 2.17. The Hall–Kier alpha value is -3.34. The van der Waals surface area contributed by atoms with E-state index in [-0.39, 0.29) is 28.9 Å². The van der Waals surface area contributed by atoms with E-state index in [4.69, 9.17) is 0 Å². The molecule has 1 aromatic heterocycles. The van der Waals surface area contributed by atoms with Gasteiger partial charge in [0.15, 0.2) is 0 Å². The smallest absolute Gasteiger partial charge is 0.258 e. The van der Waals surface area contributed by atoms with Gasteiger partial charge < -0.3 is 0 Å². The Morgan fingerprint density at radius 1 is 1.19 bits per heavy atom. The number of nitro groups is 1. The molecule has 0 spiro atoms. The Labute approximate surface area is 147 Å². The van der Waals surface area contributed by atoms with E-state index in [1.165, 1.54) is 23.1 Å². The van der Waals surface area contributed by atoms with Crippen molar-refractivity contribution in [2.24, 2.45) is 0 Å². The van der Waals surface area contributed by atoms with E-state index in [1.54, 1.807) is 12.1 Å². The predicted molar refractivity (Wildman–Crippen MR) is 89.4 cm³/mol. The Morgan fingerprint density at radius 2 is 1.92 bits per heavy atom. The fourth-order valence-electron chi connectivity index (χ4n) is 2.17. The predicted octanol–water partition coefficient (Wildman–Crippen LogP) is 2.17. The van der Waals surface area contributed by atoms with Crippen LogP contribution in [0.4, 0.5) is 16.0 Å². The summed E-state index contributed by atoms with van der Waals surface area (Å²) in [6, 6.07) is 10.3. The molecule has 9 nitrogen and oxygen atoms in total. The van der Waals surface area contributed by atoms with Crippen molar-refractivity contribution < 1.29 is 17.7 Å². The second kappa shape index (κ2) is 6.88. The number of nitro benzene ring substituents is 1. The summed E-state index contributed by atoms with van der Waals surface area (Å²) < 4.78 is 41.3. The molecule has 1 heterocycles. The monoisotopic (exact) mass is 377 g/mol. The third-order valence-electron chi connectivity index (χ3n) is 3.35. The van der Waals surface area contributed by atoms with Crippen LogP contribution in [0, 0.1) is 15.9 Å². The zero-order chi connectivity index (χ0) is 18.7. The van der Waals surface area contributed by atoms with Crippen molar-refractivity contribution in [3.8, 4) is 0 Å². The zero-order valence-electron chi connectivity index (χ0n) is 13.1. The minimum Gasteiger partial charge on any atom is -0.258 e. The number of benzene rings is 2. The first kappa shape index (κ1) is 17.5. The first-order valence-electron chi connectivity index (χ1n) is 7.25. The lowest BCUT2D eigenvalue weighted by Gasteiger charge is -2.04. The zero-order valence-corrected chi connectivity index (χ0v) is 13.9. The standard InChI is InChI=1S/C15H12FN5O4S/c16-12-3-1-2-11(8-12)9-20-10-17-15(18-20)19-26(24,25)14-6-4-13(5-7-14)21(22)23/h1-8,10H,9H2,(H,18,19). The lowest BCUT2D eigenvalue weighted by molar-refractivity contribution is -0.384. The molecule has 0 bridgehead atoms. The molecule has 0 radical (unpaired) electrons. The number of nitrogens with one attached hydrogen (secondary N) is 1. The molecule has 0 fully saturated rings. The number of nitrogens with zero attached hydrogens (tertiary/aromatic N) is 4. The Kier molecular flexibility index (Phi) is 4.63. The van der Waals surface area contributed by atoms with Crippen molar-refractivity contribution in [2.75, 3.05) is 4.72 Å². The van der Waals surface area contributed by atoms with E-state index < -0.39 is 14.9 Å². The normalized spacial score (nSPS) is 11.3. The third-order valence-corrected chi connectivity index (χ3v) is 4.70. The van der Waals surface area contributed by atoms with E-state index in [9.17, 15) is 22.9 Å². The molecule has 0 aliphatic rings. The molecule has 134 valence electrons. The molecular formula is C15H12FN5O4S. The molecular weight excluding hydrogens is 365 g/mol. The molecule has 26 heavy (non-hydrogen) atoms. The average Bonchev–Trinajstić information content (AvgIpc) is 3.01. The third kappa shape index (κ3) is 4.00. The van der Waals surface area contributed by atoms with Crippen LogP contribution < -0.4 is 4.72 Å². The van der Waals surface area contributed by atoms with Gasteiger partial charge in [-0.25, -0.2) is 22.2 Å². The van der Waals surface area contributed by atoms with E-state index >= 15 is 0 Å². The van der Waals surface area contributed by atoms with Crippen LogP contribution >= 0.6 is 0 Å². The molecule has 0 atom stereocenters. The van der Waals surface area contributed by atoms with Crippen LogP contribution in [0.5, 0.6) is 0 Å². The molecule has 3 aromatic rings. The summed E-state index contributed by atoms with van der Waals surface area (Å²) in [5.41, 5.74) is 0.418. The van der Waals surface area contributed by atoms with Gasteiger partial charge in [0.05, 0.1) is 16.4 Å². The highest BCUT2D eigenvalue weighted by Gasteiger charge is 2.18. The van der Waals surface area contributed by atoms with Gasteiger partial charge in [-0.3, -0.25) is 10.1 Å². The maximum absolute atomic E-state index is 13.2. The first-order chi connectivity index (χ1) is 12.3. The summed E-state index contributed by atoms with van der Waals surface area (Å²) in [7, 11) is -3.99. The number of hydrogen-bond acceptors (Lipinski definition) is 6. The van der Waals surface area contributed by atoms with Gasteiger partial charge >= 0.3 is 0 Å². The van der Waals surface area contributed by atoms with E-state index in [0.717, 1.165) is 24.3 Å². The number of rotatable bonds is 6. The van der Waals surface area contributed by atoms with Crippen LogP contribution in [0.2, 0.25) is 0 Å². The van der Waals surface area contributed by atoms with Crippen LogP contribution in [0.1, 0.15) is 5.56 Å². The van der Waals surface area contributed by atoms with E-state index in [0.29, 0.717) is 5.56 Å². The largest absolute Gasteiger partial charge is 0.269 e. The van der Waals surface area contributed by atoms with E-state index in [1.807, 2.05) is 0 Å². The molecule has 0 unspecified atom stereocenters. The fourth-order valence-corrected chi connectivity index (χ4v) is 3.11. The van der Waals surface area contributed by atoms with Gasteiger partial charge in [-0.05, 0) is 29.8 Å². The molecule has 3 rings (SSSR count). The van der Waals surface area contributed by atoms with Gasteiger partial charge in [0.25, 0.3) is 21.7 Å². The van der Waals surface area contributed by atoms with Crippen LogP contribution in [-0.4, -0.2) is 28.1 Å². The van der Waals surface area contributed by atoms with Crippen LogP contribution in [-0.2, 0) is 16.6 Å². The molecule has 0 aliphatic carbocycles. The van der Waals surface area contributed by atoms with Gasteiger partial charge in [0.2, 0.25) is 0 Å². The lowest BCUT2D eigenvalue weighted by Crippen LogP contribution is -2.14. The van der Waals surface area contributed by atoms with Gasteiger partial charge in [-0.1, -0.05) is 12.1 Å². The van der Waals surface area contributed by atoms with Crippen molar-refractivity contribution in [3.05, 3.63) is 76.4 Å². The molecule has 0 aliphatic heterocycles. The molecule has 0 amide bonds.